The van der Waals surface area contributed by atoms with Crippen LogP contribution >= 0.6 is 0 Å². The van der Waals surface area contributed by atoms with Crippen molar-refractivity contribution in [1.82, 2.24) is 5.32 Å². The Morgan fingerprint density at radius 1 is 1.00 bits per heavy atom. The summed E-state index contributed by atoms with van der Waals surface area (Å²) in [6, 6.07) is 18.9. The minimum atomic E-state index is -0.921. The van der Waals surface area contributed by atoms with Crippen LogP contribution in [0, 0.1) is 0 Å². The number of benzene rings is 2. The Balaban J connectivity index is 2.48. The van der Waals surface area contributed by atoms with Gasteiger partial charge in [-0.1, -0.05) is 36.4 Å². The summed E-state index contributed by atoms with van der Waals surface area (Å²) < 4.78 is 0. The summed E-state index contributed by atoms with van der Waals surface area (Å²) in [5, 5.41) is 12.2. The van der Waals surface area contributed by atoms with E-state index in [1.165, 1.54) is 0 Å². The number of hydrogen-bond donors (Lipinski definition) is 2. The van der Waals surface area contributed by atoms with E-state index in [9.17, 15) is 9.90 Å². The smallest absolute Gasteiger partial charge is 0.341 e. The minimum absolute atomic E-state index is 0.815. The van der Waals surface area contributed by atoms with Gasteiger partial charge in [0, 0.05) is 11.4 Å². The Kier molecular flexibility index (Phi) is 4.15. The number of likely N-dealkylation sites (N-methyl/N-ethyl adjacent to an activating group) is 1. The van der Waals surface area contributed by atoms with E-state index in [0.717, 1.165) is 11.4 Å². The van der Waals surface area contributed by atoms with Crippen molar-refractivity contribution in [2.45, 2.75) is 6.17 Å². The number of carboxylic acids is 1. The molecular weight excluding hydrogens is 240 g/mol. The molecule has 0 saturated carbocycles. The van der Waals surface area contributed by atoms with E-state index in [0.29, 0.717) is 0 Å². The summed E-state index contributed by atoms with van der Waals surface area (Å²) in [7, 11) is 1.64. The summed E-state index contributed by atoms with van der Waals surface area (Å²) in [6.07, 6.45) is -0.815. The molecule has 19 heavy (non-hydrogen) atoms. The first-order valence-corrected chi connectivity index (χ1v) is 6.03. The van der Waals surface area contributed by atoms with Gasteiger partial charge in [0.2, 0.25) is 0 Å². The first-order valence-electron chi connectivity index (χ1n) is 6.03. The van der Waals surface area contributed by atoms with Crippen LogP contribution in [0.5, 0.6) is 0 Å². The maximum absolute atomic E-state index is 11.4. The number of carbonyl (C=O) groups is 1. The molecule has 2 rings (SSSR count). The SMILES string of the molecule is CNC(C(=O)O)N(c1ccccc1)c1ccccc1. The van der Waals surface area contributed by atoms with Crippen molar-refractivity contribution in [3.05, 3.63) is 60.7 Å². The Hall–Kier alpha value is -2.33. The average Bonchev–Trinajstić information content (AvgIpc) is 2.46. The topological polar surface area (TPSA) is 52.6 Å². The van der Waals surface area contributed by atoms with E-state index < -0.39 is 12.1 Å². The molecule has 0 aliphatic rings. The number of anilines is 2. The summed E-state index contributed by atoms with van der Waals surface area (Å²) in [5.74, 6) is -0.921. The number of carboxylic acid groups (broad SMARTS) is 1. The molecule has 0 aliphatic heterocycles. The lowest BCUT2D eigenvalue weighted by atomic mass is 10.2. The molecule has 2 aromatic rings. The molecule has 0 amide bonds. The first kappa shape index (κ1) is 13.1. The van der Waals surface area contributed by atoms with Crippen LogP contribution in [-0.2, 0) is 4.79 Å². The first-order chi connectivity index (χ1) is 9.24. The standard InChI is InChI=1S/C15H16N2O2/c1-16-14(15(18)19)17(12-8-4-2-5-9-12)13-10-6-3-7-11-13/h2-11,14,16H,1H3,(H,18,19). The Morgan fingerprint density at radius 3 is 1.74 bits per heavy atom. The van der Waals surface area contributed by atoms with E-state index in [1.807, 2.05) is 60.7 Å². The number of para-hydroxylation sites is 2. The Morgan fingerprint density at radius 2 is 1.42 bits per heavy atom. The van der Waals surface area contributed by atoms with Crippen LogP contribution in [0.25, 0.3) is 0 Å². The predicted molar refractivity (Wildman–Crippen MR) is 75.5 cm³/mol. The lowest BCUT2D eigenvalue weighted by Gasteiger charge is -2.30. The van der Waals surface area contributed by atoms with Gasteiger partial charge in [-0.05, 0) is 31.3 Å². The van der Waals surface area contributed by atoms with Gasteiger partial charge in [0.25, 0.3) is 0 Å². The maximum Gasteiger partial charge on any atom is 0.341 e. The number of hydrogen-bond acceptors (Lipinski definition) is 3. The van der Waals surface area contributed by atoms with E-state index in [-0.39, 0.29) is 0 Å². The summed E-state index contributed by atoms with van der Waals surface area (Å²) in [4.78, 5) is 13.2. The lowest BCUT2D eigenvalue weighted by Crippen LogP contribution is -2.47. The molecule has 98 valence electrons. The number of aliphatic carboxylic acids is 1. The van der Waals surface area contributed by atoms with Gasteiger partial charge in [-0.3, -0.25) is 5.32 Å². The summed E-state index contributed by atoms with van der Waals surface area (Å²) in [5.41, 5.74) is 1.66. The molecular formula is C15H16N2O2. The van der Waals surface area contributed by atoms with Crippen molar-refractivity contribution in [1.29, 1.82) is 0 Å². The fourth-order valence-electron chi connectivity index (χ4n) is 1.99. The fraction of sp³-hybridized carbons (Fsp3) is 0.133. The molecule has 4 nitrogen and oxygen atoms in total. The maximum atomic E-state index is 11.4. The molecule has 0 radical (unpaired) electrons. The van der Waals surface area contributed by atoms with E-state index >= 15 is 0 Å². The van der Waals surface area contributed by atoms with Crippen molar-refractivity contribution in [3.63, 3.8) is 0 Å². The predicted octanol–water partition coefficient (Wildman–Crippen LogP) is 2.45. The van der Waals surface area contributed by atoms with Crippen LogP contribution in [0.15, 0.2) is 60.7 Å². The largest absolute Gasteiger partial charge is 0.479 e. The van der Waals surface area contributed by atoms with Gasteiger partial charge < -0.3 is 10.0 Å². The van der Waals surface area contributed by atoms with Crippen LogP contribution in [0.4, 0.5) is 11.4 Å². The monoisotopic (exact) mass is 256 g/mol. The summed E-state index contributed by atoms with van der Waals surface area (Å²) in [6.45, 7) is 0. The lowest BCUT2D eigenvalue weighted by molar-refractivity contribution is -0.139. The second-order valence-electron chi connectivity index (χ2n) is 4.07. The molecule has 4 heteroatoms. The molecule has 0 spiro atoms. The highest BCUT2D eigenvalue weighted by molar-refractivity contribution is 5.82. The zero-order valence-corrected chi connectivity index (χ0v) is 10.7. The molecule has 0 saturated heterocycles. The fourth-order valence-corrected chi connectivity index (χ4v) is 1.99. The second-order valence-corrected chi connectivity index (χ2v) is 4.07. The highest BCUT2D eigenvalue weighted by Crippen LogP contribution is 2.26. The molecule has 0 aliphatic carbocycles. The van der Waals surface area contributed by atoms with Crippen molar-refractivity contribution in [3.8, 4) is 0 Å². The highest BCUT2D eigenvalue weighted by atomic mass is 16.4. The van der Waals surface area contributed by atoms with E-state index in [1.54, 1.807) is 11.9 Å². The van der Waals surface area contributed by atoms with Gasteiger partial charge in [0.05, 0.1) is 0 Å². The number of rotatable bonds is 5. The van der Waals surface area contributed by atoms with Gasteiger partial charge >= 0.3 is 5.97 Å². The van der Waals surface area contributed by atoms with Crippen molar-refractivity contribution in [2.75, 3.05) is 11.9 Å². The van der Waals surface area contributed by atoms with Crippen molar-refractivity contribution < 1.29 is 9.90 Å². The molecule has 2 N–H and O–H groups in total. The molecule has 1 atom stereocenters. The van der Waals surface area contributed by atoms with Crippen LogP contribution in [0.1, 0.15) is 0 Å². The molecule has 0 bridgehead atoms. The quantitative estimate of drug-likeness (QED) is 0.807. The normalized spacial score (nSPS) is 11.8. The molecule has 2 aromatic carbocycles. The van der Waals surface area contributed by atoms with Crippen LogP contribution in [0.2, 0.25) is 0 Å². The van der Waals surface area contributed by atoms with Crippen LogP contribution in [-0.4, -0.2) is 24.3 Å². The minimum Gasteiger partial charge on any atom is -0.479 e. The average molecular weight is 256 g/mol. The number of nitrogens with one attached hydrogen (secondary N) is 1. The van der Waals surface area contributed by atoms with Gasteiger partial charge in [0.1, 0.15) is 0 Å². The zero-order valence-electron chi connectivity index (χ0n) is 10.7. The van der Waals surface area contributed by atoms with E-state index in [2.05, 4.69) is 5.32 Å². The van der Waals surface area contributed by atoms with Crippen LogP contribution in [0.3, 0.4) is 0 Å². The second kappa shape index (κ2) is 6.02. The summed E-state index contributed by atoms with van der Waals surface area (Å²) >= 11 is 0. The van der Waals surface area contributed by atoms with Gasteiger partial charge in [-0.15, -0.1) is 0 Å². The van der Waals surface area contributed by atoms with Crippen molar-refractivity contribution >= 4 is 17.3 Å². The third kappa shape index (κ3) is 2.92. The van der Waals surface area contributed by atoms with Gasteiger partial charge in [-0.2, -0.15) is 0 Å². The molecule has 0 fully saturated rings. The van der Waals surface area contributed by atoms with Gasteiger partial charge in [-0.25, -0.2) is 4.79 Å². The molecule has 1 unspecified atom stereocenters. The number of nitrogens with zero attached hydrogens (tertiary/aromatic N) is 1. The zero-order chi connectivity index (χ0) is 13.7. The van der Waals surface area contributed by atoms with Crippen molar-refractivity contribution in [2.24, 2.45) is 0 Å². The highest BCUT2D eigenvalue weighted by Gasteiger charge is 2.25. The third-order valence-electron chi connectivity index (χ3n) is 2.83. The molecule has 0 aromatic heterocycles. The Labute approximate surface area is 112 Å². The Bertz CT molecular complexity index is 489. The third-order valence-corrected chi connectivity index (χ3v) is 2.83. The van der Waals surface area contributed by atoms with Gasteiger partial charge in [0.15, 0.2) is 6.17 Å². The van der Waals surface area contributed by atoms with E-state index in [4.69, 9.17) is 0 Å². The molecule has 0 heterocycles. The van der Waals surface area contributed by atoms with Crippen LogP contribution < -0.4 is 10.2 Å².